The van der Waals surface area contributed by atoms with Crippen molar-refractivity contribution in [1.82, 2.24) is 0 Å². The van der Waals surface area contributed by atoms with Crippen molar-refractivity contribution in [2.45, 2.75) is 39.0 Å². The van der Waals surface area contributed by atoms with E-state index in [9.17, 15) is 9.59 Å². The normalized spacial score (nSPS) is 21.2. The zero-order chi connectivity index (χ0) is 21.0. The number of ether oxygens (including phenoxy) is 3. The number of ketones is 1. The number of esters is 1. The highest BCUT2D eigenvalue weighted by Gasteiger charge is 2.43. The van der Waals surface area contributed by atoms with Crippen molar-refractivity contribution in [2.24, 2.45) is 10.9 Å². The fraction of sp³-hybridized carbons (Fsp3) is 0.435. The molecule has 0 aromatic heterocycles. The van der Waals surface area contributed by atoms with Gasteiger partial charge in [-0.25, -0.2) is 0 Å². The number of rotatable bonds is 7. The van der Waals surface area contributed by atoms with Gasteiger partial charge in [0.15, 0.2) is 17.3 Å². The van der Waals surface area contributed by atoms with Gasteiger partial charge < -0.3 is 14.2 Å². The van der Waals surface area contributed by atoms with Gasteiger partial charge in [0.05, 0.1) is 13.7 Å². The molecule has 3 rings (SSSR count). The number of aliphatic imine (C=N–C) groups is 1. The van der Waals surface area contributed by atoms with Gasteiger partial charge >= 0.3 is 5.97 Å². The second-order valence-corrected chi connectivity index (χ2v) is 7.11. The summed E-state index contributed by atoms with van der Waals surface area (Å²) in [6, 6.07) is 5.55. The molecule has 6 heteroatoms. The van der Waals surface area contributed by atoms with E-state index in [1.807, 2.05) is 32.0 Å². The summed E-state index contributed by atoms with van der Waals surface area (Å²) in [5, 5.41) is 0. The summed E-state index contributed by atoms with van der Waals surface area (Å²) < 4.78 is 16.5. The van der Waals surface area contributed by atoms with Gasteiger partial charge in [0, 0.05) is 29.3 Å². The van der Waals surface area contributed by atoms with Crippen molar-refractivity contribution < 1.29 is 23.8 Å². The number of hydrogen-bond donors (Lipinski definition) is 0. The number of hydrogen-bond acceptors (Lipinski definition) is 6. The molecular formula is C23H27NO5. The largest absolute Gasteiger partial charge is 0.493 e. The molecule has 0 bridgehead atoms. The van der Waals surface area contributed by atoms with Gasteiger partial charge in [-0.3, -0.25) is 14.6 Å². The van der Waals surface area contributed by atoms with Crippen LogP contribution in [0.3, 0.4) is 0 Å². The summed E-state index contributed by atoms with van der Waals surface area (Å²) in [5.74, 6) is -0.311. The highest BCUT2D eigenvalue weighted by molar-refractivity contribution is 6.08. The molecule has 0 N–H and O–H groups in total. The van der Waals surface area contributed by atoms with Crippen LogP contribution >= 0.6 is 0 Å². The smallest absolute Gasteiger partial charge is 0.315 e. The Morgan fingerprint density at radius 1 is 1.31 bits per heavy atom. The topological polar surface area (TPSA) is 74.2 Å². The zero-order valence-corrected chi connectivity index (χ0v) is 17.2. The second kappa shape index (κ2) is 9.07. The lowest BCUT2D eigenvalue weighted by Crippen LogP contribution is -2.37. The standard InChI is InChI=1S/C23H27NO5/c1-5-12-29-23(26)20-14(3)24-16-8-7-9-17(25)22(16)21(20)15-10-11-18(28-6-2)19(13-15)27-4/h5,10-11,13,20-21H,1,6-9,12H2,2-4H3. The Morgan fingerprint density at radius 2 is 2.10 bits per heavy atom. The Labute approximate surface area is 171 Å². The molecule has 29 heavy (non-hydrogen) atoms. The van der Waals surface area contributed by atoms with E-state index in [2.05, 4.69) is 11.6 Å². The number of carbonyl (C=O) groups excluding carboxylic acids is 2. The number of allylic oxidation sites excluding steroid dienone is 2. The molecule has 1 aliphatic carbocycles. The van der Waals surface area contributed by atoms with Crippen molar-refractivity contribution in [3.05, 3.63) is 47.7 Å². The third-order valence-corrected chi connectivity index (χ3v) is 5.28. The van der Waals surface area contributed by atoms with Crippen LogP contribution in [-0.2, 0) is 14.3 Å². The predicted octanol–water partition coefficient (Wildman–Crippen LogP) is 4.00. The van der Waals surface area contributed by atoms with Gasteiger partial charge in [0.2, 0.25) is 0 Å². The van der Waals surface area contributed by atoms with Crippen molar-refractivity contribution >= 4 is 17.5 Å². The molecule has 0 saturated carbocycles. The molecule has 0 saturated heterocycles. The maximum atomic E-state index is 12.9. The van der Waals surface area contributed by atoms with Gasteiger partial charge in [-0.2, -0.15) is 0 Å². The van der Waals surface area contributed by atoms with E-state index in [1.165, 1.54) is 6.08 Å². The third kappa shape index (κ3) is 4.11. The molecule has 1 aromatic rings. The van der Waals surface area contributed by atoms with Crippen LogP contribution < -0.4 is 9.47 Å². The first-order valence-electron chi connectivity index (χ1n) is 9.91. The van der Waals surface area contributed by atoms with Gasteiger partial charge in [-0.1, -0.05) is 18.7 Å². The van der Waals surface area contributed by atoms with E-state index < -0.39 is 17.8 Å². The Morgan fingerprint density at radius 3 is 2.79 bits per heavy atom. The van der Waals surface area contributed by atoms with Gasteiger partial charge in [0.1, 0.15) is 12.5 Å². The summed E-state index contributed by atoms with van der Waals surface area (Å²) in [7, 11) is 1.57. The lowest BCUT2D eigenvalue weighted by Gasteiger charge is -2.34. The van der Waals surface area contributed by atoms with Crippen LogP contribution in [0.2, 0.25) is 0 Å². The maximum Gasteiger partial charge on any atom is 0.315 e. The fourth-order valence-corrected chi connectivity index (χ4v) is 4.05. The van der Waals surface area contributed by atoms with Crippen LogP contribution in [0.1, 0.15) is 44.6 Å². The van der Waals surface area contributed by atoms with Crippen LogP contribution in [0.4, 0.5) is 0 Å². The molecule has 1 aliphatic heterocycles. The Hall–Kier alpha value is -2.89. The molecule has 0 radical (unpaired) electrons. The maximum absolute atomic E-state index is 12.9. The van der Waals surface area contributed by atoms with E-state index in [1.54, 1.807) is 7.11 Å². The fourth-order valence-electron chi connectivity index (χ4n) is 4.05. The number of Topliss-reactive ketones (excluding diaryl/α,β-unsaturated/α-hetero) is 1. The van der Waals surface area contributed by atoms with Crippen LogP contribution in [0, 0.1) is 5.92 Å². The van der Waals surface area contributed by atoms with E-state index in [0.717, 1.165) is 24.1 Å². The predicted molar refractivity (Wildman–Crippen MR) is 111 cm³/mol. The minimum atomic E-state index is -0.668. The summed E-state index contributed by atoms with van der Waals surface area (Å²) >= 11 is 0. The highest BCUT2D eigenvalue weighted by atomic mass is 16.5. The average Bonchev–Trinajstić information content (AvgIpc) is 2.71. The Balaban J connectivity index is 2.12. The summed E-state index contributed by atoms with van der Waals surface area (Å²) in [5.41, 5.74) is 2.87. The van der Waals surface area contributed by atoms with Crippen molar-refractivity contribution in [3.8, 4) is 11.5 Å². The molecular weight excluding hydrogens is 370 g/mol. The van der Waals surface area contributed by atoms with Crippen molar-refractivity contribution in [2.75, 3.05) is 20.3 Å². The summed E-state index contributed by atoms with van der Waals surface area (Å²) in [4.78, 5) is 30.4. The number of carbonyl (C=O) groups is 2. The lowest BCUT2D eigenvalue weighted by molar-refractivity contribution is -0.145. The van der Waals surface area contributed by atoms with Crippen LogP contribution in [0.15, 0.2) is 47.1 Å². The molecule has 1 heterocycles. The number of nitrogens with zero attached hydrogens (tertiary/aromatic N) is 1. The first-order chi connectivity index (χ1) is 14.0. The van der Waals surface area contributed by atoms with Gasteiger partial charge in [0.25, 0.3) is 0 Å². The van der Waals surface area contributed by atoms with E-state index >= 15 is 0 Å². The summed E-state index contributed by atoms with van der Waals surface area (Å²) in [6.45, 7) is 7.94. The SMILES string of the molecule is C=CCOC(=O)C1C(C)=NC2=C(C(=O)CCC2)C1c1ccc(OCC)c(OC)c1. The molecule has 0 amide bonds. The minimum Gasteiger partial charge on any atom is -0.493 e. The summed E-state index contributed by atoms with van der Waals surface area (Å²) in [6.07, 6.45) is 3.50. The van der Waals surface area contributed by atoms with Crippen LogP contribution in [0.5, 0.6) is 11.5 Å². The first kappa shape index (κ1) is 20.8. The first-order valence-corrected chi connectivity index (χ1v) is 9.91. The molecule has 1 aromatic carbocycles. The number of benzene rings is 1. The molecule has 6 nitrogen and oxygen atoms in total. The lowest BCUT2D eigenvalue weighted by atomic mass is 9.71. The average molecular weight is 397 g/mol. The van der Waals surface area contributed by atoms with E-state index in [0.29, 0.717) is 35.8 Å². The quantitative estimate of drug-likeness (QED) is 0.513. The van der Waals surface area contributed by atoms with Crippen molar-refractivity contribution in [3.63, 3.8) is 0 Å². The van der Waals surface area contributed by atoms with Crippen molar-refractivity contribution in [1.29, 1.82) is 0 Å². The monoisotopic (exact) mass is 397 g/mol. The van der Waals surface area contributed by atoms with E-state index in [-0.39, 0.29) is 12.4 Å². The second-order valence-electron chi connectivity index (χ2n) is 7.11. The zero-order valence-electron chi connectivity index (χ0n) is 17.2. The Bertz CT molecular complexity index is 883. The third-order valence-electron chi connectivity index (χ3n) is 5.28. The number of methoxy groups -OCH3 is 1. The molecule has 154 valence electrons. The van der Waals surface area contributed by atoms with Gasteiger partial charge in [-0.05, 0) is 44.4 Å². The van der Waals surface area contributed by atoms with E-state index in [4.69, 9.17) is 14.2 Å². The molecule has 0 fully saturated rings. The van der Waals surface area contributed by atoms with Crippen LogP contribution in [0.25, 0.3) is 0 Å². The molecule has 2 unspecified atom stereocenters. The molecule has 2 aliphatic rings. The van der Waals surface area contributed by atoms with Gasteiger partial charge in [-0.15, -0.1) is 0 Å². The minimum absolute atomic E-state index is 0.0434. The molecule has 2 atom stereocenters. The molecule has 0 spiro atoms. The highest BCUT2D eigenvalue weighted by Crippen LogP contribution is 2.45. The van der Waals surface area contributed by atoms with Crippen LogP contribution in [-0.4, -0.2) is 37.8 Å². The Kier molecular flexibility index (Phi) is 6.52.